The number of aryl methyl sites for hydroxylation is 2. The van der Waals surface area contributed by atoms with Crippen LogP contribution < -0.4 is 5.32 Å². The van der Waals surface area contributed by atoms with Gasteiger partial charge in [-0.25, -0.2) is 4.68 Å². The molecular formula is C12H13N7O. The van der Waals surface area contributed by atoms with Gasteiger partial charge in [0.15, 0.2) is 0 Å². The van der Waals surface area contributed by atoms with Crippen LogP contribution in [0.1, 0.15) is 23.1 Å². The molecule has 2 N–H and O–H groups in total. The summed E-state index contributed by atoms with van der Waals surface area (Å²) in [5.74, 6) is 0.614. The maximum atomic E-state index is 12.1. The van der Waals surface area contributed by atoms with Gasteiger partial charge in [-0.2, -0.15) is 4.98 Å². The van der Waals surface area contributed by atoms with E-state index >= 15 is 0 Å². The van der Waals surface area contributed by atoms with E-state index in [2.05, 4.69) is 30.8 Å². The third-order valence-corrected chi connectivity index (χ3v) is 2.90. The summed E-state index contributed by atoms with van der Waals surface area (Å²) in [5.41, 5.74) is 2.08. The van der Waals surface area contributed by atoms with Crippen LogP contribution >= 0.6 is 0 Å². The number of hydrogen-bond acceptors (Lipinski definition) is 5. The first-order valence-corrected chi connectivity index (χ1v) is 6.21. The van der Waals surface area contributed by atoms with E-state index in [1.807, 2.05) is 13.0 Å². The number of fused-ring (bicyclic) bond motifs is 1. The van der Waals surface area contributed by atoms with Gasteiger partial charge in [-0.05, 0) is 32.0 Å². The van der Waals surface area contributed by atoms with Crippen LogP contribution in [-0.4, -0.2) is 36.1 Å². The maximum absolute atomic E-state index is 12.1. The number of nitrogens with one attached hydrogen (secondary N) is 2. The van der Waals surface area contributed by atoms with Gasteiger partial charge in [0.25, 0.3) is 5.91 Å². The molecule has 3 aromatic rings. The highest BCUT2D eigenvalue weighted by atomic mass is 16.1. The van der Waals surface area contributed by atoms with Gasteiger partial charge < -0.3 is 0 Å². The second-order valence-corrected chi connectivity index (χ2v) is 4.31. The highest BCUT2D eigenvalue weighted by Gasteiger charge is 2.11. The van der Waals surface area contributed by atoms with Crippen LogP contribution in [0.2, 0.25) is 0 Å². The summed E-state index contributed by atoms with van der Waals surface area (Å²) in [4.78, 5) is 16.1. The zero-order valence-electron chi connectivity index (χ0n) is 11.1. The fraction of sp³-hybridized carbons (Fsp3) is 0.250. The number of H-pyrrole nitrogens is 1. The van der Waals surface area contributed by atoms with Gasteiger partial charge in [0.2, 0.25) is 5.95 Å². The summed E-state index contributed by atoms with van der Waals surface area (Å²) in [6, 6.07) is 5.26. The van der Waals surface area contributed by atoms with Gasteiger partial charge in [-0.15, -0.1) is 10.2 Å². The van der Waals surface area contributed by atoms with E-state index in [0.717, 1.165) is 12.1 Å². The number of amides is 1. The van der Waals surface area contributed by atoms with Crippen LogP contribution in [0.25, 0.3) is 11.0 Å². The average Bonchev–Trinajstić information content (AvgIpc) is 3.03. The number of hydrogen-bond donors (Lipinski definition) is 2. The first kappa shape index (κ1) is 12.3. The molecule has 8 heteroatoms. The molecule has 0 aliphatic heterocycles. The second-order valence-electron chi connectivity index (χ2n) is 4.31. The Kier molecular flexibility index (Phi) is 2.90. The lowest BCUT2D eigenvalue weighted by Gasteiger charge is -2.01. The summed E-state index contributed by atoms with van der Waals surface area (Å²) in [6.45, 7) is 4.48. The molecular weight excluding hydrogens is 258 g/mol. The molecule has 0 saturated heterocycles. The van der Waals surface area contributed by atoms with Crippen LogP contribution in [-0.2, 0) is 6.54 Å². The smallest absolute Gasteiger partial charge is 0.258 e. The van der Waals surface area contributed by atoms with E-state index in [1.165, 1.54) is 0 Å². The van der Waals surface area contributed by atoms with Crippen molar-refractivity contribution in [3.63, 3.8) is 0 Å². The summed E-state index contributed by atoms with van der Waals surface area (Å²) in [7, 11) is 0. The molecule has 102 valence electrons. The van der Waals surface area contributed by atoms with Crippen molar-refractivity contribution in [2.45, 2.75) is 20.4 Å². The molecule has 0 atom stereocenters. The topological polar surface area (TPSA) is 101 Å². The molecule has 8 nitrogen and oxygen atoms in total. The molecule has 1 amide bonds. The number of carbonyl (C=O) groups excluding carboxylic acids is 1. The summed E-state index contributed by atoms with van der Waals surface area (Å²) in [6.07, 6.45) is 0. The van der Waals surface area contributed by atoms with Crippen molar-refractivity contribution in [3.05, 3.63) is 29.6 Å². The van der Waals surface area contributed by atoms with Crippen molar-refractivity contribution in [1.82, 2.24) is 30.2 Å². The van der Waals surface area contributed by atoms with Crippen molar-refractivity contribution in [3.8, 4) is 0 Å². The van der Waals surface area contributed by atoms with E-state index in [9.17, 15) is 4.79 Å². The van der Waals surface area contributed by atoms with Crippen molar-refractivity contribution in [2.24, 2.45) is 0 Å². The van der Waals surface area contributed by atoms with Gasteiger partial charge >= 0.3 is 0 Å². The Morgan fingerprint density at radius 3 is 3.00 bits per heavy atom. The molecule has 0 aliphatic carbocycles. The molecule has 0 unspecified atom stereocenters. The third kappa shape index (κ3) is 2.11. The maximum Gasteiger partial charge on any atom is 0.258 e. The Hall–Kier alpha value is -2.77. The molecule has 0 fully saturated rings. The summed E-state index contributed by atoms with van der Waals surface area (Å²) >= 11 is 0. The molecule has 2 heterocycles. The largest absolute Gasteiger partial charge is 0.289 e. The normalized spacial score (nSPS) is 10.9. The van der Waals surface area contributed by atoms with E-state index in [4.69, 9.17) is 0 Å². The molecule has 1 aromatic carbocycles. The average molecular weight is 271 g/mol. The van der Waals surface area contributed by atoms with Crippen molar-refractivity contribution in [2.75, 3.05) is 5.32 Å². The monoisotopic (exact) mass is 271 g/mol. The molecule has 0 aliphatic rings. The first-order valence-electron chi connectivity index (χ1n) is 6.21. The molecule has 0 bridgehead atoms. The summed E-state index contributed by atoms with van der Waals surface area (Å²) < 4.78 is 1.77. The minimum Gasteiger partial charge on any atom is -0.289 e. The Labute approximate surface area is 114 Å². The Morgan fingerprint density at radius 2 is 2.30 bits per heavy atom. The second kappa shape index (κ2) is 4.72. The zero-order valence-corrected chi connectivity index (χ0v) is 11.1. The number of carbonyl (C=O) groups is 1. The van der Waals surface area contributed by atoms with Crippen LogP contribution in [0.5, 0.6) is 0 Å². The number of benzene rings is 1. The van der Waals surface area contributed by atoms with Gasteiger partial charge in [-0.3, -0.25) is 15.2 Å². The zero-order chi connectivity index (χ0) is 14.1. The Balaban J connectivity index is 1.88. The summed E-state index contributed by atoms with van der Waals surface area (Å²) in [5, 5.41) is 17.2. The highest BCUT2D eigenvalue weighted by molar-refractivity contribution is 6.05. The van der Waals surface area contributed by atoms with Crippen molar-refractivity contribution in [1.29, 1.82) is 0 Å². The van der Waals surface area contributed by atoms with Gasteiger partial charge in [0.1, 0.15) is 11.3 Å². The number of aromatic nitrogens is 6. The van der Waals surface area contributed by atoms with Crippen molar-refractivity contribution < 1.29 is 4.79 Å². The van der Waals surface area contributed by atoms with Gasteiger partial charge in [0.05, 0.1) is 5.52 Å². The van der Waals surface area contributed by atoms with Crippen LogP contribution in [0.15, 0.2) is 18.2 Å². The van der Waals surface area contributed by atoms with Crippen LogP contribution in [0, 0.1) is 6.92 Å². The predicted molar refractivity (Wildman–Crippen MR) is 72.3 cm³/mol. The van der Waals surface area contributed by atoms with Gasteiger partial charge in [-0.1, -0.05) is 5.21 Å². The predicted octanol–water partition coefficient (Wildman–Crippen LogP) is 1.13. The SMILES string of the molecule is CCn1nnc2cc(C(=O)Nc3n[nH]c(C)n3)ccc21. The molecule has 0 spiro atoms. The van der Waals surface area contributed by atoms with Crippen molar-refractivity contribution >= 4 is 22.9 Å². The minimum absolute atomic E-state index is 0.254. The van der Waals surface area contributed by atoms with E-state index in [1.54, 1.807) is 23.7 Å². The highest BCUT2D eigenvalue weighted by Crippen LogP contribution is 2.14. The molecule has 3 rings (SSSR count). The molecule has 0 radical (unpaired) electrons. The fourth-order valence-corrected chi connectivity index (χ4v) is 1.92. The first-order chi connectivity index (χ1) is 9.67. The standard InChI is InChI=1S/C12H13N7O/c1-3-19-10-5-4-8(6-9(10)16-18-19)11(20)14-12-13-7(2)15-17-12/h4-6H,3H2,1-2H3,(H2,13,14,15,17,20). The number of anilines is 1. The van der Waals surface area contributed by atoms with E-state index in [-0.39, 0.29) is 11.9 Å². The Bertz CT molecular complexity index is 773. The quantitative estimate of drug-likeness (QED) is 0.743. The lowest BCUT2D eigenvalue weighted by atomic mass is 10.2. The Morgan fingerprint density at radius 1 is 1.45 bits per heavy atom. The number of rotatable bonds is 3. The van der Waals surface area contributed by atoms with Crippen LogP contribution in [0.3, 0.4) is 0 Å². The fourth-order valence-electron chi connectivity index (χ4n) is 1.92. The van der Waals surface area contributed by atoms with E-state index < -0.39 is 0 Å². The lowest BCUT2D eigenvalue weighted by molar-refractivity contribution is 0.102. The van der Waals surface area contributed by atoms with Crippen LogP contribution in [0.4, 0.5) is 5.95 Å². The molecule has 20 heavy (non-hydrogen) atoms. The molecule has 2 aromatic heterocycles. The molecule has 0 saturated carbocycles. The number of aromatic amines is 1. The van der Waals surface area contributed by atoms with Gasteiger partial charge in [0, 0.05) is 12.1 Å². The van der Waals surface area contributed by atoms with E-state index in [0.29, 0.717) is 16.9 Å². The lowest BCUT2D eigenvalue weighted by Crippen LogP contribution is -2.13. The minimum atomic E-state index is -0.281. The third-order valence-electron chi connectivity index (χ3n) is 2.90. The number of nitrogens with zero attached hydrogens (tertiary/aromatic N) is 5.